The van der Waals surface area contributed by atoms with Gasteiger partial charge in [0.15, 0.2) is 0 Å². The molecule has 0 atom stereocenters. The van der Waals surface area contributed by atoms with Gasteiger partial charge in [-0.2, -0.15) is 13.9 Å². The van der Waals surface area contributed by atoms with E-state index in [-0.39, 0.29) is 10.5 Å². The molecule has 0 amide bonds. The lowest BCUT2D eigenvalue weighted by atomic mass is 10.2. The van der Waals surface area contributed by atoms with Crippen LogP contribution in [-0.2, 0) is 10.0 Å². The summed E-state index contributed by atoms with van der Waals surface area (Å²) in [6.45, 7) is 3.87. The number of sulfonamides is 1. The molecule has 1 aliphatic rings. The first kappa shape index (κ1) is 22.5. The molecular formula is C23H23N5O4S2. The number of ether oxygens (including phenoxy) is 1. The van der Waals surface area contributed by atoms with Crippen LogP contribution < -0.4 is 15.2 Å². The summed E-state index contributed by atoms with van der Waals surface area (Å²) in [6.07, 6.45) is 0. The van der Waals surface area contributed by atoms with Crippen molar-refractivity contribution in [2.75, 3.05) is 37.7 Å². The van der Waals surface area contributed by atoms with Crippen LogP contribution in [0.15, 0.2) is 70.4 Å². The Morgan fingerprint density at radius 2 is 1.71 bits per heavy atom. The summed E-state index contributed by atoms with van der Waals surface area (Å²) in [5.41, 5.74) is 0.662. The molecule has 11 heteroatoms. The average molecular weight is 498 g/mol. The Morgan fingerprint density at radius 1 is 1.00 bits per heavy atom. The number of rotatable bonds is 6. The molecule has 2 aromatic carbocycles. The van der Waals surface area contributed by atoms with Gasteiger partial charge in [-0.15, -0.1) is 0 Å². The van der Waals surface area contributed by atoms with Crippen molar-refractivity contribution in [2.45, 2.75) is 11.8 Å². The molecule has 0 aliphatic carbocycles. The van der Waals surface area contributed by atoms with E-state index in [4.69, 9.17) is 4.74 Å². The Balaban J connectivity index is 1.33. The fraction of sp³-hybridized carbons (Fsp3) is 0.261. The fourth-order valence-electron chi connectivity index (χ4n) is 3.84. The van der Waals surface area contributed by atoms with Crippen molar-refractivity contribution in [1.29, 1.82) is 0 Å². The highest BCUT2D eigenvalue weighted by Gasteiger charge is 2.29. The topological polar surface area (TPSA) is 97.1 Å². The van der Waals surface area contributed by atoms with Gasteiger partial charge in [0.1, 0.15) is 16.6 Å². The molecule has 0 spiro atoms. The molecule has 1 saturated heterocycles. The standard InChI is InChI=1S/C23H23N5O4S2/c1-2-32-18-8-10-19(11-9-18)34(30,31)27-14-12-26(13-15-27)20-16-21(29)28-23(24-20)33-22(25-28)17-6-4-3-5-7-17/h3-11,16H,2,12-15H2,1H3. The molecule has 5 rings (SSSR count). The molecule has 4 aromatic rings. The van der Waals surface area contributed by atoms with Crippen LogP contribution in [0.5, 0.6) is 5.75 Å². The first-order chi connectivity index (χ1) is 16.5. The molecular weight excluding hydrogens is 474 g/mol. The Labute approximate surface area is 200 Å². The van der Waals surface area contributed by atoms with E-state index in [1.165, 1.54) is 26.2 Å². The number of aromatic nitrogens is 3. The van der Waals surface area contributed by atoms with Crippen molar-refractivity contribution in [2.24, 2.45) is 0 Å². The maximum atomic E-state index is 13.1. The van der Waals surface area contributed by atoms with Crippen LogP contribution >= 0.6 is 11.3 Å². The van der Waals surface area contributed by atoms with Crippen molar-refractivity contribution in [3.8, 4) is 16.3 Å². The third kappa shape index (κ3) is 4.29. The second-order valence-electron chi connectivity index (χ2n) is 7.72. The predicted molar refractivity (Wildman–Crippen MR) is 131 cm³/mol. The Hall–Kier alpha value is -3.28. The maximum Gasteiger partial charge on any atom is 0.277 e. The predicted octanol–water partition coefficient (Wildman–Crippen LogP) is 2.73. The summed E-state index contributed by atoms with van der Waals surface area (Å²) in [7, 11) is -3.61. The molecule has 1 aliphatic heterocycles. The van der Waals surface area contributed by atoms with Crippen LogP contribution in [0.3, 0.4) is 0 Å². The van der Waals surface area contributed by atoms with Gasteiger partial charge in [0.05, 0.1) is 11.5 Å². The van der Waals surface area contributed by atoms with Crippen LogP contribution in [0.4, 0.5) is 5.82 Å². The lowest BCUT2D eigenvalue weighted by molar-refractivity contribution is 0.340. The van der Waals surface area contributed by atoms with Crippen molar-refractivity contribution in [1.82, 2.24) is 18.9 Å². The van der Waals surface area contributed by atoms with Gasteiger partial charge in [-0.25, -0.2) is 13.4 Å². The highest BCUT2D eigenvalue weighted by atomic mass is 32.2. The van der Waals surface area contributed by atoms with Gasteiger partial charge in [-0.3, -0.25) is 4.79 Å². The average Bonchev–Trinajstić information content (AvgIpc) is 3.30. The maximum absolute atomic E-state index is 13.1. The molecule has 34 heavy (non-hydrogen) atoms. The van der Waals surface area contributed by atoms with E-state index in [0.29, 0.717) is 54.3 Å². The lowest BCUT2D eigenvalue weighted by Gasteiger charge is -2.34. The summed E-state index contributed by atoms with van der Waals surface area (Å²) in [5.74, 6) is 1.17. The first-order valence-corrected chi connectivity index (χ1v) is 13.2. The zero-order valence-electron chi connectivity index (χ0n) is 18.5. The Kier molecular flexibility index (Phi) is 6.07. The number of nitrogens with zero attached hydrogens (tertiary/aromatic N) is 5. The largest absolute Gasteiger partial charge is 0.494 e. The highest BCUT2D eigenvalue weighted by Crippen LogP contribution is 2.26. The van der Waals surface area contributed by atoms with E-state index in [2.05, 4.69) is 10.1 Å². The third-order valence-electron chi connectivity index (χ3n) is 5.59. The van der Waals surface area contributed by atoms with E-state index < -0.39 is 10.0 Å². The number of anilines is 1. The van der Waals surface area contributed by atoms with Gasteiger partial charge < -0.3 is 9.64 Å². The van der Waals surface area contributed by atoms with Gasteiger partial charge in [-0.1, -0.05) is 41.7 Å². The van der Waals surface area contributed by atoms with Crippen molar-refractivity contribution < 1.29 is 13.2 Å². The van der Waals surface area contributed by atoms with Gasteiger partial charge in [0.2, 0.25) is 15.0 Å². The van der Waals surface area contributed by atoms with E-state index in [0.717, 1.165) is 5.56 Å². The van der Waals surface area contributed by atoms with Crippen LogP contribution in [0.25, 0.3) is 15.5 Å². The van der Waals surface area contributed by atoms with Crippen LogP contribution in [-0.4, -0.2) is 60.1 Å². The smallest absolute Gasteiger partial charge is 0.277 e. The molecule has 3 heterocycles. The Morgan fingerprint density at radius 3 is 2.38 bits per heavy atom. The molecule has 9 nitrogen and oxygen atoms in total. The molecule has 0 bridgehead atoms. The second kappa shape index (κ2) is 9.16. The molecule has 2 aromatic heterocycles. The molecule has 0 radical (unpaired) electrons. The molecule has 0 saturated carbocycles. The van der Waals surface area contributed by atoms with Crippen molar-refractivity contribution in [3.05, 3.63) is 71.0 Å². The van der Waals surface area contributed by atoms with Gasteiger partial charge in [0, 0.05) is 37.8 Å². The minimum absolute atomic E-state index is 0.236. The number of fused-ring (bicyclic) bond motifs is 1. The summed E-state index contributed by atoms with van der Waals surface area (Å²) in [5, 5.41) is 5.13. The van der Waals surface area contributed by atoms with Crippen molar-refractivity contribution >= 4 is 32.1 Å². The SMILES string of the molecule is CCOc1ccc(S(=O)(=O)N2CCN(c3cc(=O)n4nc(-c5ccccc5)sc4n3)CC2)cc1. The number of piperazine rings is 1. The molecule has 1 fully saturated rings. The minimum Gasteiger partial charge on any atom is -0.494 e. The Bertz CT molecular complexity index is 1460. The molecule has 0 unspecified atom stereocenters. The number of benzene rings is 2. The lowest BCUT2D eigenvalue weighted by Crippen LogP contribution is -2.49. The van der Waals surface area contributed by atoms with E-state index in [1.807, 2.05) is 42.2 Å². The zero-order valence-corrected chi connectivity index (χ0v) is 20.1. The molecule has 0 N–H and O–H groups in total. The highest BCUT2D eigenvalue weighted by molar-refractivity contribution is 7.89. The number of hydrogen-bond acceptors (Lipinski definition) is 8. The summed E-state index contributed by atoms with van der Waals surface area (Å²) in [6, 6.07) is 17.6. The van der Waals surface area contributed by atoms with Gasteiger partial charge >= 0.3 is 0 Å². The van der Waals surface area contributed by atoms with Crippen molar-refractivity contribution in [3.63, 3.8) is 0 Å². The summed E-state index contributed by atoms with van der Waals surface area (Å²) in [4.78, 5) is 20.0. The summed E-state index contributed by atoms with van der Waals surface area (Å²) >= 11 is 1.35. The van der Waals surface area contributed by atoms with E-state index in [1.54, 1.807) is 24.3 Å². The summed E-state index contributed by atoms with van der Waals surface area (Å²) < 4.78 is 34.3. The van der Waals surface area contributed by atoms with Crippen LogP contribution in [0.1, 0.15) is 6.92 Å². The zero-order chi connectivity index (χ0) is 23.7. The van der Waals surface area contributed by atoms with E-state index >= 15 is 0 Å². The quantitative estimate of drug-likeness (QED) is 0.404. The van der Waals surface area contributed by atoms with Gasteiger partial charge in [0.25, 0.3) is 5.56 Å². The monoisotopic (exact) mass is 497 g/mol. The van der Waals surface area contributed by atoms with Crippen LogP contribution in [0.2, 0.25) is 0 Å². The van der Waals surface area contributed by atoms with Crippen LogP contribution in [0, 0.1) is 0 Å². The third-order valence-corrected chi connectivity index (χ3v) is 8.46. The van der Waals surface area contributed by atoms with Gasteiger partial charge in [-0.05, 0) is 31.2 Å². The first-order valence-electron chi connectivity index (χ1n) is 10.9. The second-order valence-corrected chi connectivity index (χ2v) is 10.6. The minimum atomic E-state index is -3.61. The fourth-order valence-corrected chi connectivity index (χ4v) is 6.17. The number of hydrogen-bond donors (Lipinski definition) is 0. The van der Waals surface area contributed by atoms with E-state index in [9.17, 15) is 13.2 Å². The normalized spacial score (nSPS) is 15.0. The molecule has 176 valence electrons.